The molecule has 4 heteroatoms. The van der Waals surface area contributed by atoms with Crippen LogP contribution in [0.15, 0.2) is 4.52 Å². The van der Waals surface area contributed by atoms with Crippen molar-refractivity contribution in [1.82, 2.24) is 15.5 Å². The van der Waals surface area contributed by atoms with Gasteiger partial charge in [-0.1, -0.05) is 25.9 Å². The molecule has 1 aromatic heterocycles. The van der Waals surface area contributed by atoms with E-state index in [9.17, 15) is 0 Å². The summed E-state index contributed by atoms with van der Waals surface area (Å²) in [5.74, 6) is 3.06. The van der Waals surface area contributed by atoms with Crippen LogP contribution in [0.1, 0.15) is 45.3 Å². The minimum Gasteiger partial charge on any atom is -0.339 e. The molecule has 0 spiro atoms. The summed E-state index contributed by atoms with van der Waals surface area (Å²) in [4.78, 5) is 4.48. The highest BCUT2D eigenvalue weighted by molar-refractivity contribution is 4.94. The molecule has 1 N–H and O–H groups in total. The molecule has 4 nitrogen and oxygen atoms in total. The molecule has 0 bridgehead atoms. The Kier molecular flexibility index (Phi) is 4.15. The molecule has 96 valence electrons. The minimum atomic E-state index is 0.425. The van der Waals surface area contributed by atoms with Crippen molar-refractivity contribution in [3.8, 4) is 0 Å². The molecule has 2 rings (SSSR count). The molecule has 0 amide bonds. The molecule has 1 saturated carbocycles. The SMILES string of the molecule is CCNC(Cc1nc(CC2CC2)no1)C(C)C. The lowest BCUT2D eigenvalue weighted by atomic mass is 10.0. The lowest BCUT2D eigenvalue weighted by Crippen LogP contribution is -2.35. The molecule has 0 aliphatic heterocycles. The molecule has 1 atom stereocenters. The fourth-order valence-corrected chi connectivity index (χ4v) is 2.03. The third-order valence-electron chi connectivity index (χ3n) is 3.34. The third-order valence-corrected chi connectivity index (χ3v) is 3.34. The maximum absolute atomic E-state index is 5.32. The maximum Gasteiger partial charge on any atom is 0.228 e. The van der Waals surface area contributed by atoms with Crippen molar-refractivity contribution in [1.29, 1.82) is 0 Å². The van der Waals surface area contributed by atoms with Gasteiger partial charge in [0.1, 0.15) is 0 Å². The Balaban J connectivity index is 1.89. The monoisotopic (exact) mass is 237 g/mol. The summed E-state index contributed by atoms with van der Waals surface area (Å²) in [6.07, 6.45) is 4.49. The van der Waals surface area contributed by atoms with Gasteiger partial charge in [0, 0.05) is 18.9 Å². The predicted molar refractivity (Wildman–Crippen MR) is 66.7 cm³/mol. The first kappa shape index (κ1) is 12.6. The molecule has 0 saturated heterocycles. The number of likely N-dealkylation sites (N-methyl/N-ethyl adjacent to an activating group) is 1. The molecule has 1 aliphatic carbocycles. The molecule has 1 unspecified atom stereocenters. The Morgan fingerprint density at radius 3 is 2.76 bits per heavy atom. The van der Waals surface area contributed by atoms with Crippen molar-refractivity contribution >= 4 is 0 Å². The fourth-order valence-electron chi connectivity index (χ4n) is 2.03. The molecule has 1 aromatic rings. The lowest BCUT2D eigenvalue weighted by molar-refractivity contribution is 0.327. The highest BCUT2D eigenvalue weighted by atomic mass is 16.5. The van der Waals surface area contributed by atoms with E-state index in [2.05, 4.69) is 36.2 Å². The van der Waals surface area contributed by atoms with Crippen LogP contribution in [0.25, 0.3) is 0 Å². The molecule has 17 heavy (non-hydrogen) atoms. The van der Waals surface area contributed by atoms with Gasteiger partial charge in [0.2, 0.25) is 5.89 Å². The van der Waals surface area contributed by atoms with Gasteiger partial charge < -0.3 is 9.84 Å². The van der Waals surface area contributed by atoms with Gasteiger partial charge in [-0.2, -0.15) is 4.98 Å². The van der Waals surface area contributed by atoms with Crippen LogP contribution in [-0.4, -0.2) is 22.7 Å². The van der Waals surface area contributed by atoms with Gasteiger partial charge in [0.25, 0.3) is 0 Å². The van der Waals surface area contributed by atoms with Crippen LogP contribution in [0.5, 0.6) is 0 Å². The van der Waals surface area contributed by atoms with Crippen molar-refractivity contribution in [3.63, 3.8) is 0 Å². The smallest absolute Gasteiger partial charge is 0.228 e. The summed E-state index contributed by atoms with van der Waals surface area (Å²) in [6.45, 7) is 7.54. The normalized spacial score (nSPS) is 17.6. The van der Waals surface area contributed by atoms with Gasteiger partial charge in [0.05, 0.1) is 0 Å². The molecule has 1 aliphatic rings. The number of hydrogen-bond acceptors (Lipinski definition) is 4. The van der Waals surface area contributed by atoms with Crippen LogP contribution < -0.4 is 5.32 Å². The van der Waals surface area contributed by atoms with E-state index < -0.39 is 0 Å². The standard InChI is InChI=1S/C13H23N3O/c1-4-14-11(9(2)3)8-13-15-12(16-17-13)7-10-5-6-10/h9-11,14H,4-8H2,1-3H3. The lowest BCUT2D eigenvalue weighted by Gasteiger charge is -2.19. The molecular weight excluding hydrogens is 214 g/mol. The topological polar surface area (TPSA) is 51.0 Å². The Labute approximate surface area is 103 Å². The number of hydrogen-bond donors (Lipinski definition) is 1. The Morgan fingerprint density at radius 2 is 2.18 bits per heavy atom. The van der Waals surface area contributed by atoms with Crippen LogP contribution in [0.3, 0.4) is 0 Å². The molecule has 0 aromatic carbocycles. The first-order valence-corrected chi connectivity index (χ1v) is 6.73. The van der Waals surface area contributed by atoms with E-state index in [1.165, 1.54) is 12.8 Å². The van der Waals surface area contributed by atoms with E-state index in [1.54, 1.807) is 0 Å². The number of nitrogens with one attached hydrogen (secondary N) is 1. The largest absolute Gasteiger partial charge is 0.339 e. The summed E-state index contributed by atoms with van der Waals surface area (Å²) in [6, 6.07) is 0.425. The van der Waals surface area contributed by atoms with Crippen LogP contribution in [-0.2, 0) is 12.8 Å². The van der Waals surface area contributed by atoms with Gasteiger partial charge in [-0.25, -0.2) is 0 Å². The summed E-state index contributed by atoms with van der Waals surface area (Å²) < 4.78 is 5.32. The highest BCUT2D eigenvalue weighted by Crippen LogP contribution is 2.31. The third kappa shape index (κ3) is 3.80. The molecular formula is C13H23N3O. The predicted octanol–water partition coefficient (Wildman–Crippen LogP) is 2.20. The minimum absolute atomic E-state index is 0.425. The fraction of sp³-hybridized carbons (Fsp3) is 0.846. The van der Waals surface area contributed by atoms with Crippen LogP contribution in [0.4, 0.5) is 0 Å². The van der Waals surface area contributed by atoms with E-state index in [4.69, 9.17) is 4.52 Å². The summed E-state index contributed by atoms with van der Waals surface area (Å²) in [5, 5.41) is 7.52. The number of nitrogens with zero attached hydrogens (tertiary/aromatic N) is 2. The van der Waals surface area contributed by atoms with Crippen molar-refractivity contribution in [2.24, 2.45) is 11.8 Å². The quantitative estimate of drug-likeness (QED) is 0.790. The first-order valence-electron chi connectivity index (χ1n) is 6.73. The van der Waals surface area contributed by atoms with Crippen LogP contribution in [0, 0.1) is 11.8 Å². The zero-order chi connectivity index (χ0) is 12.3. The van der Waals surface area contributed by atoms with Gasteiger partial charge in [-0.15, -0.1) is 0 Å². The second-order valence-corrected chi connectivity index (χ2v) is 5.36. The second kappa shape index (κ2) is 5.63. The van der Waals surface area contributed by atoms with E-state index in [0.29, 0.717) is 12.0 Å². The Morgan fingerprint density at radius 1 is 1.41 bits per heavy atom. The number of aromatic nitrogens is 2. The maximum atomic E-state index is 5.32. The van der Waals surface area contributed by atoms with Crippen LogP contribution in [0.2, 0.25) is 0 Å². The van der Waals surface area contributed by atoms with Gasteiger partial charge >= 0.3 is 0 Å². The summed E-state index contributed by atoms with van der Waals surface area (Å²) >= 11 is 0. The Bertz CT molecular complexity index is 344. The van der Waals surface area contributed by atoms with E-state index in [0.717, 1.165) is 37.0 Å². The van der Waals surface area contributed by atoms with Crippen molar-refractivity contribution in [3.05, 3.63) is 11.7 Å². The Hall–Kier alpha value is -0.900. The van der Waals surface area contributed by atoms with E-state index in [1.807, 2.05) is 0 Å². The average Bonchev–Trinajstić information content (AvgIpc) is 2.97. The molecule has 1 heterocycles. The van der Waals surface area contributed by atoms with Gasteiger partial charge in [0.15, 0.2) is 5.82 Å². The molecule has 0 radical (unpaired) electrons. The summed E-state index contributed by atoms with van der Waals surface area (Å²) in [5.41, 5.74) is 0. The molecule has 1 fully saturated rings. The first-order chi connectivity index (χ1) is 8.19. The van der Waals surface area contributed by atoms with Crippen molar-refractivity contribution in [2.45, 2.75) is 52.5 Å². The van der Waals surface area contributed by atoms with Gasteiger partial charge in [-0.05, 0) is 31.2 Å². The highest BCUT2D eigenvalue weighted by Gasteiger charge is 2.24. The number of rotatable bonds is 7. The zero-order valence-electron chi connectivity index (χ0n) is 11.1. The van der Waals surface area contributed by atoms with Crippen LogP contribution >= 0.6 is 0 Å². The van der Waals surface area contributed by atoms with Crippen molar-refractivity contribution < 1.29 is 4.52 Å². The second-order valence-electron chi connectivity index (χ2n) is 5.36. The zero-order valence-corrected chi connectivity index (χ0v) is 11.1. The average molecular weight is 237 g/mol. The van der Waals surface area contributed by atoms with Crippen molar-refractivity contribution in [2.75, 3.05) is 6.54 Å². The van der Waals surface area contributed by atoms with Gasteiger partial charge in [-0.3, -0.25) is 0 Å². The summed E-state index contributed by atoms with van der Waals surface area (Å²) in [7, 11) is 0. The van der Waals surface area contributed by atoms with E-state index >= 15 is 0 Å². The van der Waals surface area contributed by atoms with E-state index in [-0.39, 0.29) is 0 Å².